The summed E-state index contributed by atoms with van der Waals surface area (Å²) in [6, 6.07) is 8.30. The zero-order valence-corrected chi connectivity index (χ0v) is 16.2. The minimum atomic E-state index is -0.717. The Balaban J connectivity index is 1.72. The van der Waals surface area contributed by atoms with Gasteiger partial charge in [0.05, 0.1) is 5.92 Å². The zero-order valence-electron chi connectivity index (χ0n) is 16.2. The molecule has 1 aliphatic carbocycles. The van der Waals surface area contributed by atoms with Crippen molar-refractivity contribution in [1.82, 2.24) is 0 Å². The summed E-state index contributed by atoms with van der Waals surface area (Å²) in [5, 5.41) is 9.26. The quantitative estimate of drug-likeness (QED) is 0.486. The van der Waals surface area contributed by atoms with E-state index < -0.39 is 5.97 Å². The van der Waals surface area contributed by atoms with Crippen LogP contribution in [-0.2, 0) is 11.2 Å². The Kier molecular flexibility index (Phi) is 8.51. The molecule has 2 rings (SSSR count). The number of carbonyl (C=O) groups is 1. The summed E-state index contributed by atoms with van der Waals surface area (Å²) in [7, 11) is 0. The Morgan fingerprint density at radius 1 is 1.00 bits per heavy atom. The summed E-state index contributed by atoms with van der Waals surface area (Å²) in [6.07, 6.45) is 14.4. The third-order valence-electron chi connectivity index (χ3n) is 6.11. The number of aryl methyl sites for hydroxylation is 1. The molecule has 0 saturated heterocycles. The average Bonchev–Trinajstić information content (AvgIpc) is 2.63. The van der Waals surface area contributed by atoms with E-state index in [2.05, 4.69) is 19.1 Å². The Morgan fingerprint density at radius 2 is 1.60 bits per heavy atom. The van der Waals surface area contributed by atoms with E-state index >= 15 is 0 Å². The fourth-order valence-electron chi connectivity index (χ4n) is 4.33. The van der Waals surface area contributed by atoms with Gasteiger partial charge in [-0.15, -0.1) is 0 Å². The molecule has 0 spiro atoms. The van der Waals surface area contributed by atoms with Crippen LogP contribution in [0.2, 0.25) is 0 Å². The van der Waals surface area contributed by atoms with Crippen LogP contribution >= 0.6 is 0 Å². The molecule has 0 heterocycles. The van der Waals surface area contributed by atoms with Crippen LogP contribution in [0.5, 0.6) is 0 Å². The van der Waals surface area contributed by atoms with Crippen LogP contribution < -0.4 is 0 Å². The molecule has 1 aromatic rings. The number of aliphatic carboxylic acids is 1. The van der Waals surface area contributed by atoms with Crippen LogP contribution in [0, 0.1) is 11.8 Å². The predicted molar refractivity (Wildman–Crippen MR) is 105 cm³/mol. The molecular formula is C23H36O2. The molecule has 0 aromatic heterocycles. The van der Waals surface area contributed by atoms with Crippen LogP contribution in [0.15, 0.2) is 24.3 Å². The van der Waals surface area contributed by atoms with Gasteiger partial charge in [-0.3, -0.25) is 4.79 Å². The van der Waals surface area contributed by atoms with Gasteiger partial charge in [-0.05, 0) is 42.2 Å². The summed E-state index contributed by atoms with van der Waals surface area (Å²) in [4.78, 5) is 11.3. The molecular weight excluding hydrogens is 308 g/mol. The van der Waals surface area contributed by atoms with Crippen molar-refractivity contribution in [2.75, 3.05) is 0 Å². The fourth-order valence-corrected chi connectivity index (χ4v) is 4.33. The van der Waals surface area contributed by atoms with Gasteiger partial charge in [0.1, 0.15) is 0 Å². The lowest BCUT2D eigenvalue weighted by Crippen LogP contribution is -2.15. The van der Waals surface area contributed by atoms with Crippen molar-refractivity contribution in [2.45, 2.75) is 90.4 Å². The maximum Gasteiger partial charge on any atom is 0.310 e. The van der Waals surface area contributed by atoms with Crippen molar-refractivity contribution in [1.29, 1.82) is 0 Å². The van der Waals surface area contributed by atoms with Crippen molar-refractivity contribution in [2.24, 2.45) is 11.8 Å². The van der Waals surface area contributed by atoms with Crippen LogP contribution in [0.3, 0.4) is 0 Å². The molecule has 1 aliphatic rings. The molecule has 1 saturated carbocycles. The molecule has 1 N–H and O–H groups in total. The largest absolute Gasteiger partial charge is 0.481 e. The molecule has 1 aromatic carbocycles. The van der Waals surface area contributed by atoms with Gasteiger partial charge < -0.3 is 5.11 Å². The molecule has 1 fully saturated rings. The van der Waals surface area contributed by atoms with Gasteiger partial charge >= 0.3 is 5.97 Å². The predicted octanol–water partition coefficient (Wildman–Crippen LogP) is 6.58. The van der Waals surface area contributed by atoms with E-state index in [4.69, 9.17) is 0 Å². The molecule has 1 unspecified atom stereocenters. The second-order valence-corrected chi connectivity index (χ2v) is 7.96. The highest BCUT2D eigenvalue weighted by Gasteiger charge is 2.21. The Morgan fingerprint density at radius 3 is 2.12 bits per heavy atom. The van der Waals surface area contributed by atoms with E-state index in [1.165, 1.54) is 63.4 Å². The summed E-state index contributed by atoms with van der Waals surface area (Å²) in [5.74, 6) is 0.802. The van der Waals surface area contributed by atoms with Crippen molar-refractivity contribution in [3.63, 3.8) is 0 Å². The van der Waals surface area contributed by atoms with E-state index in [0.29, 0.717) is 6.42 Å². The molecule has 0 aliphatic heterocycles. The summed E-state index contributed by atoms with van der Waals surface area (Å²) in [6.45, 7) is 4.22. The Hall–Kier alpha value is -1.31. The van der Waals surface area contributed by atoms with E-state index in [1.54, 1.807) is 0 Å². The van der Waals surface area contributed by atoms with Gasteiger partial charge in [-0.25, -0.2) is 0 Å². The zero-order chi connectivity index (χ0) is 18.1. The number of unbranched alkanes of at least 4 members (excludes halogenated alkanes) is 2. The summed E-state index contributed by atoms with van der Waals surface area (Å²) < 4.78 is 0. The van der Waals surface area contributed by atoms with Crippen LogP contribution in [0.4, 0.5) is 0 Å². The van der Waals surface area contributed by atoms with Gasteiger partial charge in [0.15, 0.2) is 0 Å². The normalized spacial score (nSPS) is 21.8. The van der Waals surface area contributed by atoms with Crippen molar-refractivity contribution < 1.29 is 9.90 Å². The molecule has 2 nitrogen and oxygen atoms in total. The second-order valence-electron chi connectivity index (χ2n) is 7.96. The lowest BCUT2D eigenvalue weighted by Gasteiger charge is -2.28. The SMILES string of the molecule is CCCCCC1CCC(CCc2ccc(C(CC)C(=O)O)cc2)CC1. The molecule has 1 atom stereocenters. The summed E-state index contributed by atoms with van der Waals surface area (Å²) >= 11 is 0. The van der Waals surface area contributed by atoms with Crippen molar-refractivity contribution >= 4 is 5.97 Å². The van der Waals surface area contributed by atoms with Crippen LogP contribution in [-0.4, -0.2) is 11.1 Å². The molecule has 0 bridgehead atoms. The van der Waals surface area contributed by atoms with E-state index in [9.17, 15) is 9.90 Å². The molecule has 25 heavy (non-hydrogen) atoms. The first-order valence-corrected chi connectivity index (χ1v) is 10.5. The standard InChI is InChI=1S/C23H36O2/c1-3-5-6-7-18-8-10-19(11-9-18)12-13-20-14-16-21(17-15-20)22(4-2)23(24)25/h14-19,22H,3-13H2,1-2H3,(H,24,25). The van der Waals surface area contributed by atoms with Crippen molar-refractivity contribution in [3.05, 3.63) is 35.4 Å². The first-order valence-electron chi connectivity index (χ1n) is 10.5. The smallest absolute Gasteiger partial charge is 0.310 e. The van der Waals surface area contributed by atoms with Crippen LogP contribution in [0.1, 0.15) is 95.1 Å². The number of benzene rings is 1. The lowest BCUT2D eigenvalue weighted by molar-refractivity contribution is -0.138. The van der Waals surface area contributed by atoms with Gasteiger partial charge in [-0.1, -0.05) is 89.5 Å². The molecule has 0 amide bonds. The van der Waals surface area contributed by atoms with E-state index in [1.807, 2.05) is 19.1 Å². The third-order valence-corrected chi connectivity index (χ3v) is 6.11. The van der Waals surface area contributed by atoms with E-state index in [-0.39, 0.29) is 5.92 Å². The van der Waals surface area contributed by atoms with Gasteiger partial charge in [0.25, 0.3) is 0 Å². The second kappa shape index (κ2) is 10.6. The lowest BCUT2D eigenvalue weighted by atomic mass is 9.77. The summed E-state index contributed by atoms with van der Waals surface area (Å²) in [5.41, 5.74) is 2.29. The van der Waals surface area contributed by atoms with Gasteiger partial charge in [0.2, 0.25) is 0 Å². The van der Waals surface area contributed by atoms with E-state index in [0.717, 1.165) is 23.8 Å². The van der Waals surface area contributed by atoms with Crippen LogP contribution in [0.25, 0.3) is 0 Å². The highest BCUT2D eigenvalue weighted by Crippen LogP contribution is 2.34. The number of rotatable bonds is 10. The maximum absolute atomic E-state index is 11.3. The molecule has 2 heteroatoms. The number of carboxylic acids is 1. The fraction of sp³-hybridized carbons (Fsp3) is 0.696. The average molecular weight is 345 g/mol. The minimum Gasteiger partial charge on any atom is -0.481 e. The Labute approximate surface area is 154 Å². The molecule has 0 radical (unpaired) electrons. The number of hydrogen-bond acceptors (Lipinski definition) is 1. The number of hydrogen-bond donors (Lipinski definition) is 1. The molecule has 140 valence electrons. The van der Waals surface area contributed by atoms with Gasteiger partial charge in [0, 0.05) is 0 Å². The highest BCUT2D eigenvalue weighted by atomic mass is 16.4. The first kappa shape index (κ1) is 20.0. The monoisotopic (exact) mass is 344 g/mol. The maximum atomic E-state index is 11.3. The topological polar surface area (TPSA) is 37.3 Å². The minimum absolute atomic E-state index is 0.364. The third kappa shape index (κ3) is 6.49. The highest BCUT2D eigenvalue weighted by molar-refractivity contribution is 5.75. The first-order chi connectivity index (χ1) is 12.1. The Bertz CT molecular complexity index is 497. The van der Waals surface area contributed by atoms with Crippen molar-refractivity contribution in [3.8, 4) is 0 Å². The number of carboxylic acid groups (broad SMARTS) is 1. The van der Waals surface area contributed by atoms with Gasteiger partial charge in [-0.2, -0.15) is 0 Å².